The summed E-state index contributed by atoms with van der Waals surface area (Å²) < 4.78 is 23.0. The van der Waals surface area contributed by atoms with Gasteiger partial charge in [0.2, 0.25) is 0 Å². The van der Waals surface area contributed by atoms with E-state index in [-0.39, 0.29) is 17.5 Å². The molecule has 6 nitrogen and oxygen atoms in total. The molecule has 7 heteroatoms. The fourth-order valence-electron chi connectivity index (χ4n) is 2.51. The average molecular weight is 318 g/mol. The highest BCUT2D eigenvalue weighted by molar-refractivity contribution is 7.91. The molecule has 1 saturated heterocycles. The summed E-state index contributed by atoms with van der Waals surface area (Å²) in [7, 11) is -0.969. The summed E-state index contributed by atoms with van der Waals surface area (Å²) in [4.78, 5) is 10.4. The smallest absolute Gasteiger partial charge is 0.152 e. The maximum Gasteiger partial charge on any atom is 0.152 e. The Kier molecular flexibility index (Phi) is 3.98. The number of anilines is 3. The van der Waals surface area contributed by atoms with Crippen LogP contribution in [0.5, 0.6) is 0 Å². The van der Waals surface area contributed by atoms with Crippen LogP contribution >= 0.6 is 0 Å². The molecule has 0 spiro atoms. The van der Waals surface area contributed by atoms with Gasteiger partial charge in [0.15, 0.2) is 9.84 Å². The summed E-state index contributed by atoms with van der Waals surface area (Å²) in [5.74, 6) is 1.81. The summed E-state index contributed by atoms with van der Waals surface area (Å²) in [6, 6.07) is 11.7. The van der Waals surface area contributed by atoms with Crippen molar-refractivity contribution in [2.75, 3.05) is 28.8 Å². The molecular weight excluding hydrogens is 300 g/mol. The molecular formula is C15H18N4O2S. The van der Waals surface area contributed by atoms with Crippen LogP contribution in [0.4, 0.5) is 17.3 Å². The van der Waals surface area contributed by atoms with E-state index in [2.05, 4.69) is 15.3 Å². The van der Waals surface area contributed by atoms with Gasteiger partial charge in [-0.2, -0.15) is 0 Å². The second kappa shape index (κ2) is 5.92. The van der Waals surface area contributed by atoms with Crippen molar-refractivity contribution in [1.82, 2.24) is 9.97 Å². The Balaban J connectivity index is 1.76. The van der Waals surface area contributed by atoms with Gasteiger partial charge in [-0.25, -0.2) is 18.4 Å². The molecule has 1 atom stereocenters. The molecule has 3 rings (SSSR count). The summed E-state index contributed by atoms with van der Waals surface area (Å²) in [6.45, 7) is 0. The molecule has 1 aromatic carbocycles. The molecule has 2 heterocycles. The van der Waals surface area contributed by atoms with E-state index in [0.717, 1.165) is 11.5 Å². The third kappa shape index (κ3) is 3.36. The Hall–Kier alpha value is -2.15. The zero-order valence-corrected chi connectivity index (χ0v) is 13.1. The first-order valence-electron chi connectivity index (χ1n) is 7.11. The quantitative estimate of drug-likeness (QED) is 0.927. The summed E-state index contributed by atoms with van der Waals surface area (Å²) >= 11 is 0. The van der Waals surface area contributed by atoms with Crippen molar-refractivity contribution in [3.8, 4) is 0 Å². The minimum atomic E-state index is -2.90. The molecule has 1 unspecified atom stereocenters. The lowest BCUT2D eigenvalue weighted by atomic mass is 10.2. The molecule has 0 saturated carbocycles. The molecule has 2 aromatic rings. The average Bonchev–Trinajstić information content (AvgIpc) is 2.86. The zero-order chi connectivity index (χ0) is 15.6. The number of hydrogen-bond donors (Lipinski definition) is 1. The van der Waals surface area contributed by atoms with E-state index in [1.807, 2.05) is 48.3 Å². The molecule has 1 aliphatic heterocycles. The second-order valence-electron chi connectivity index (χ2n) is 5.40. The molecule has 1 N–H and O–H groups in total. The van der Waals surface area contributed by atoms with Crippen LogP contribution in [-0.2, 0) is 9.84 Å². The highest BCUT2D eigenvalue weighted by Crippen LogP contribution is 2.23. The van der Waals surface area contributed by atoms with Crippen LogP contribution in [0, 0.1) is 0 Å². The van der Waals surface area contributed by atoms with Crippen molar-refractivity contribution < 1.29 is 8.42 Å². The first-order valence-corrected chi connectivity index (χ1v) is 8.93. The summed E-state index contributed by atoms with van der Waals surface area (Å²) in [6.07, 6.45) is 2.11. The van der Waals surface area contributed by atoms with Crippen LogP contribution in [0.25, 0.3) is 0 Å². The number of sulfone groups is 1. The lowest BCUT2D eigenvalue weighted by Gasteiger charge is -2.19. The molecule has 1 aliphatic rings. The van der Waals surface area contributed by atoms with Gasteiger partial charge >= 0.3 is 0 Å². The van der Waals surface area contributed by atoms with E-state index in [9.17, 15) is 8.42 Å². The van der Waals surface area contributed by atoms with E-state index in [4.69, 9.17) is 0 Å². The number of nitrogens with one attached hydrogen (secondary N) is 1. The Labute approximate surface area is 130 Å². The van der Waals surface area contributed by atoms with Gasteiger partial charge in [-0.05, 0) is 18.6 Å². The van der Waals surface area contributed by atoms with Crippen molar-refractivity contribution in [2.24, 2.45) is 0 Å². The van der Waals surface area contributed by atoms with E-state index >= 15 is 0 Å². The molecule has 0 bridgehead atoms. The third-order valence-electron chi connectivity index (χ3n) is 3.72. The number of benzene rings is 1. The molecule has 0 aliphatic carbocycles. The lowest BCUT2D eigenvalue weighted by Crippen LogP contribution is -2.21. The monoisotopic (exact) mass is 318 g/mol. The van der Waals surface area contributed by atoms with Gasteiger partial charge in [0.05, 0.1) is 11.5 Å². The SMILES string of the molecule is CN(c1ccccc1)c1cc(NC2CCS(=O)(=O)C2)ncn1. The minimum absolute atomic E-state index is 0.0743. The molecule has 116 valence electrons. The van der Waals surface area contributed by atoms with Gasteiger partial charge in [-0.3, -0.25) is 0 Å². The van der Waals surface area contributed by atoms with E-state index < -0.39 is 9.84 Å². The van der Waals surface area contributed by atoms with Gasteiger partial charge in [-0.1, -0.05) is 18.2 Å². The predicted octanol–water partition coefficient (Wildman–Crippen LogP) is 1.84. The Morgan fingerprint density at radius 1 is 1.23 bits per heavy atom. The summed E-state index contributed by atoms with van der Waals surface area (Å²) in [5, 5.41) is 3.19. The second-order valence-corrected chi connectivity index (χ2v) is 7.63. The number of hydrogen-bond acceptors (Lipinski definition) is 6. The highest BCUT2D eigenvalue weighted by Gasteiger charge is 2.28. The molecule has 1 aromatic heterocycles. The standard InChI is InChI=1S/C15H18N4O2S/c1-19(13-5-3-2-4-6-13)15-9-14(16-11-17-15)18-12-7-8-22(20,21)10-12/h2-6,9,11-12H,7-8,10H2,1H3,(H,16,17,18). The van der Waals surface area contributed by atoms with E-state index in [0.29, 0.717) is 12.2 Å². The van der Waals surface area contributed by atoms with Crippen LogP contribution in [0.1, 0.15) is 6.42 Å². The van der Waals surface area contributed by atoms with Gasteiger partial charge in [0, 0.05) is 24.8 Å². The normalized spacial score (nSPS) is 19.8. The van der Waals surface area contributed by atoms with Crippen LogP contribution in [0.3, 0.4) is 0 Å². The fraction of sp³-hybridized carbons (Fsp3) is 0.333. The fourth-order valence-corrected chi connectivity index (χ4v) is 4.18. The van der Waals surface area contributed by atoms with Crippen LogP contribution < -0.4 is 10.2 Å². The maximum absolute atomic E-state index is 11.5. The van der Waals surface area contributed by atoms with Gasteiger partial charge in [0.1, 0.15) is 18.0 Å². The first-order chi connectivity index (χ1) is 10.5. The topological polar surface area (TPSA) is 75.2 Å². The first kappa shape index (κ1) is 14.8. The van der Waals surface area contributed by atoms with Crippen molar-refractivity contribution in [3.63, 3.8) is 0 Å². The van der Waals surface area contributed by atoms with Crippen molar-refractivity contribution in [3.05, 3.63) is 42.7 Å². The largest absolute Gasteiger partial charge is 0.366 e. The molecule has 0 radical (unpaired) electrons. The third-order valence-corrected chi connectivity index (χ3v) is 5.49. The molecule has 22 heavy (non-hydrogen) atoms. The Bertz CT molecular complexity index is 749. The van der Waals surface area contributed by atoms with Crippen molar-refractivity contribution in [2.45, 2.75) is 12.5 Å². The lowest BCUT2D eigenvalue weighted by molar-refractivity contribution is 0.602. The van der Waals surface area contributed by atoms with Crippen molar-refractivity contribution >= 4 is 27.2 Å². The number of rotatable bonds is 4. The molecule has 1 fully saturated rings. The summed E-state index contributed by atoms with van der Waals surface area (Å²) in [5.41, 5.74) is 1.02. The Morgan fingerprint density at radius 2 is 2.00 bits per heavy atom. The van der Waals surface area contributed by atoms with Crippen LogP contribution in [0.2, 0.25) is 0 Å². The van der Waals surface area contributed by atoms with Crippen molar-refractivity contribution in [1.29, 1.82) is 0 Å². The van der Waals surface area contributed by atoms with Gasteiger partial charge < -0.3 is 10.2 Å². The van der Waals surface area contributed by atoms with Gasteiger partial charge in [0.25, 0.3) is 0 Å². The minimum Gasteiger partial charge on any atom is -0.366 e. The Morgan fingerprint density at radius 3 is 2.68 bits per heavy atom. The number of para-hydroxylation sites is 1. The van der Waals surface area contributed by atoms with E-state index in [1.54, 1.807) is 0 Å². The maximum atomic E-state index is 11.5. The number of aromatic nitrogens is 2. The number of nitrogens with zero attached hydrogens (tertiary/aromatic N) is 3. The molecule has 0 amide bonds. The predicted molar refractivity (Wildman–Crippen MR) is 87.2 cm³/mol. The van der Waals surface area contributed by atoms with E-state index in [1.165, 1.54) is 6.33 Å². The zero-order valence-electron chi connectivity index (χ0n) is 12.3. The highest BCUT2D eigenvalue weighted by atomic mass is 32.2. The van der Waals surface area contributed by atoms with Crippen LogP contribution in [-0.4, -0.2) is 43.0 Å². The van der Waals surface area contributed by atoms with Gasteiger partial charge in [-0.15, -0.1) is 0 Å². The van der Waals surface area contributed by atoms with Crippen LogP contribution in [0.15, 0.2) is 42.7 Å².